The van der Waals surface area contributed by atoms with Gasteiger partial charge in [-0.3, -0.25) is 0 Å². The second kappa shape index (κ2) is 90.1. The Balaban J connectivity index is 0. The molecule has 0 saturated heterocycles. The maximum atomic E-state index is 0. The van der Waals surface area contributed by atoms with Crippen LogP contribution in [-0.4, -0.2) is 21.9 Å². The summed E-state index contributed by atoms with van der Waals surface area (Å²) in [4.78, 5) is 0. The van der Waals surface area contributed by atoms with Gasteiger partial charge in [0.2, 0.25) is 0 Å². The molecule has 0 aromatic carbocycles. The van der Waals surface area contributed by atoms with Crippen molar-refractivity contribution in [3.63, 3.8) is 0 Å². The molecule has 0 atom stereocenters. The molecule has 0 unspecified atom stereocenters. The van der Waals surface area contributed by atoms with Crippen molar-refractivity contribution in [2.75, 3.05) is 0 Å². The Bertz CT molecular complexity index is 18.5. The van der Waals surface area contributed by atoms with Crippen LogP contribution in [0.2, 0.25) is 0 Å². The minimum atomic E-state index is 0. The normalized spacial score (nSPS) is 0. The molecule has 7 heteroatoms. The Morgan fingerprint density at radius 2 is 0.714 bits per heavy atom. The molecule has 0 radical (unpaired) electrons. The smallest absolute Gasteiger partial charge is 1.00 e. The van der Waals surface area contributed by atoms with Crippen LogP contribution in [0, 0.1) is 0 Å². The van der Waals surface area contributed by atoms with Crippen molar-refractivity contribution in [2.24, 2.45) is 0 Å². The topological polar surface area (TPSA) is 126 Å². The van der Waals surface area contributed by atoms with Gasteiger partial charge in [-0.05, 0) is 0 Å². The summed E-state index contributed by atoms with van der Waals surface area (Å²) in [5.74, 6) is 0. The Hall–Kier alpha value is 2.15. The monoisotopic (exact) mass is 152 g/mol. The molecule has 0 bridgehead atoms. The van der Waals surface area contributed by atoms with E-state index in [1.165, 1.54) is 0 Å². The SMILES string of the molecule is O.O.O.O.[H-].[H-].[Li+].[Na+].[Ti]. The van der Waals surface area contributed by atoms with Crippen LogP contribution in [0.4, 0.5) is 0 Å². The average Bonchev–Trinajstić information content (AvgIpc) is 0. The number of hydrogen-bond donors (Lipinski definition) is 0. The summed E-state index contributed by atoms with van der Waals surface area (Å²) in [7, 11) is 0. The van der Waals surface area contributed by atoms with E-state index in [0.717, 1.165) is 0 Å². The molecule has 40 valence electrons. The van der Waals surface area contributed by atoms with Crippen LogP contribution in [0.5, 0.6) is 0 Å². The summed E-state index contributed by atoms with van der Waals surface area (Å²) in [6.07, 6.45) is 0. The Labute approximate surface area is 94.0 Å². The van der Waals surface area contributed by atoms with Crippen molar-refractivity contribution in [3.05, 3.63) is 0 Å². The quantitative estimate of drug-likeness (QED) is 0.305. The van der Waals surface area contributed by atoms with Crippen molar-refractivity contribution in [1.82, 2.24) is 0 Å². The molecule has 0 rings (SSSR count). The van der Waals surface area contributed by atoms with Gasteiger partial charge in [-0.15, -0.1) is 0 Å². The van der Waals surface area contributed by atoms with E-state index in [4.69, 9.17) is 0 Å². The first kappa shape index (κ1) is 131. The molecular formula is H10LiNaO4Ti. The third-order valence-corrected chi connectivity index (χ3v) is 0. The molecule has 0 aliphatic heterocycles. The van der Waals surface area contributed by atoms with E-state index >= 15 is 0 Å². The maximum Gasteiger partial charge on any atom is 1.00 e. The van der Waals surface area contributed by atoms with Gasteiger partial charge in [0.05, 0.1) is 0 Å². The van der Waals surface area contributed by atoms with Crippen molar-refractivity contribution < 1.29 is 94.9 Å². The van der Waals surface area contributed by atoms with E-state index in [0.29, 0.717) is 0 Å². The first-order chi connectivity index (χ1) is 0. The second-order valence-electron chi connectivity index (χ2n) is 0. The Kier molecular flexibility index (Phi) is 1690. The van der Waals surface area contributed by atoms with Gasteiger partial charge in [-0.1, -0.05) is 0 Å². The van der Waals surface area contributed by atoms with Gasteiger partial charge in [-0.25, -0.2) is 0 Å². The summed E-state index contributed by atoms with van der Waals surface area (Å²) >= 11 is 0. The molecule has 4 nitrogen and oxygen atoms in total. The zero-order valence-corrected chi connectivity index (χ0v) is 8.06. The van der Waals surface area contributed by atoms with Crippen LogP contribution >= 0.6 is 0 Å². The molecule has 0 aliphatic rings. The summed E-state index contributed by atoms with van der Waals surface area (Å²) in [6, 6.07) is 0. The molecule has 0 aliphatic carbocycles. The van der Waals surface area contributed by atoms with E-state index in [9.17, 15) is 0 Å². The molecule has 8 N–H and O–H groups in total. The fourth-order valence-corrected chi connectivity index (χ4v) is 0. The molecule has 0 heterocycles. The zero-order valence-electron chi connectivity index (χ0n) is 6.50. The van der Waals surface area contributed by atoms with Gasteiger partial charge in [0.1, 0.15) is 0 Å². The van der Waals surface area contributed by atoms with Gasteiger partial charge in [-0.2, -0.15) is 0 Å². The van der Waals surface area contributed by atoms with Crippen LogP contribution in [-0.2, 0) is 21.7 Å². The van der Waals surface area contributed by atoms with Crippen molar-refractivity contribution in [1.29, 1.82) is 0 Å². The molecule has 0 saturated carbocycles. The van der Waals surface area contributed by atoms with Crippen LogP contribution < -0.4 is 48.4 Å². The van der Waals surface area contributed by atoms with Crippen LogP contribution in [0.25, 0.3) is 0 Å². The maximum absolute atomic E-state index is 0. The first-order valence-electron chi connectivity index (χ1n) is 0. The van der Waals surface area contributed by atoms with E-state index in [1.807, 2.05) is 0 Å². The Morgan fingerprint density at radius 3 is 0.714 bits per heavy atom. The molecule has 0 aromatic heterocycles. The van der Waals surface area contributed by atoms with E-state index < -0.39 is 0 Å². The molecular weight excluding hydrogens is 142 g/mol. The second-order valence-corrected chi connectivity index (χ2v) is 0. The van der Waals surface area contributed by atoms with Gasteiger partial charge < -0.3 is 24.8 Å². The van der Waals surface area contributed by atoms with Crippen LogP contribution in [0.1, 0.15) is 2.85 Å². The van der Waals surface area contributed by atoms with E-state index in [2.05, 4.69) is 0 Å². The van der Waals surface area contributed by atoms with Gasteiger partial charge in [0.15, 0.2) is 0 Å². The fourth-order valence-electron chi connectivity index (χ4n) is 0. The number of rotatable bonds is 0. The van der Waals surface area contributed by atoms with Crippen LogP contribution in [0.3, 0.4) is 0 Å². The summed E-state index contributed by atoms with van der Waals surface area (Å²) in [5.41, 5.74) is 0. The molecule has 0 spiro atoms. The van der Waals surface area contributed by atoms with E-state index in [1.54, 1.807) is 0 Å². The first-order valence-corrected chi connectivity index (χ1v) is 0. The predicted octanol–water partition coefficient (Wildman–Crippen LogP) is -9.07. The van der Waals surface area contributed by atoms with Gasteiger partial charge in [0.25, 0.3) is 0 Å². The fraction of sp³-hybridized carbons (Fsp3) is 0. The van der Waals surface area contributed by atoms with Crippen molar-refractivity contribution >= 4 is 0 Å². The third-order valence-electron chi connectivity index (χ3n) is 0. The minimum Gasteiger partial charge on any atom is -1.00 e. The van der Waals surface area contributed by atoms with Crippen molar-refractivity contribution in [3.8, 4) is 0 Å². The number of hydrogen-bond acceptors (Lipinski definition) is 0. The van der Waals surface area contributed by atoms with E-state index in [-0.39, 0.29) is 94.9 Å². The largest absolute Gasteiger partial charge is 1.00 e. The Morgan fingerprint density at radius 1 is 0.714 bits per heavy atom. The van der Waals surface area contributed by atoms with Crippen LogP contribution in [0.15, 0.2) is 0 Å². The molecule has 0 fully saturated rings. The zero-order chi connectivity index (χ0) is 0. The van der Waals surface area contributed by atoms with Gasteiger partial charge in [0, 0.05) is 21.7 Å². The molecule has 0 amide bonds. The average molecular weight is 152 g/mol. The van der Waals surface area contributed by atoms with Gasteiger partial charge >= 0.3 is 48.4 Å². The predicted molar refractivity (Wildman–Crippen MR) is 16.7 cm³/mol. The third kappa shape index (κ3) is 66.6. The summed E-state index contributed by atoms with van der Waals surface area (Å²) in [5, 5.41) is 0. The molecule has 7 heavy (non-hydrogen) atoms. The standard InChI is InChI=1S/Li.Na.4H2O.Ti.2H/h;;4*1H2;;;/q2*+1;;;;;;2*-1. The summed E-state index contributed by atoms with van der Waals surface area (Å²) in [6.45, 7) is 0. The summed E-state index contributed by atoms with van der Waals surface area (Å²) < 4.78 is 0. The van der Waals surface area contributed by atoms with Crippen molar-refractivity contribution in [2.45, 2.75) is 0 Å². The minimum absolute atomic E-state index is 0. The molecule has 0 aromatic rings.